The number of alkyl halides is 3. The van der Waals surface area contributed by atoms with Gasteiger partial charge in [-0.15, -0.1) is 0 Å². The van der Waals surface area contributed by atoms with E-state index in [4.69, 9.17) is 0 Å². The van der Waals surface area contributed by atoms with Crippen LogP contribution >= 0.6 is 0 Å². The Balaban J connectivity index is 1.37. The molecule has 30 heavy (non-hydrogen) atoms. The van der Waals surface area contributed by atoms with Gasteiger partial charge in [0.1, 0.15) is 12.1 Å². The highest BCUT2D eigenvalue weighted by Crippen LogP contribution is 2.34. The molecule has 1 saturated heterocycles. The molecule has 2 aromatic heterocycles. The van der Waals surface area contributed by atoms with Gasteiger partial charge < -0.3 is 15.5 Å². The molecule has 3 heterocycles. The van der Waals surface area contributed by atoms with E-state index >= 15 is 0 Å². The number of rotatable bonds is 3. The van der Waals surface area contributed by atoms with Gasteiger partial charge in [-0.2, -0.15) is 27.8 Å². The minimum atomic E-state index is -4.54. The molecule has 0 bridgehead atoms. The van der Waals surface area contributed by atoms with Crippen LogP contribution in [0, 0.1) is 6.92 Å². The number of nitrogens with one attached hydrogen (secondary N) is 2. The number of piperidine rings is 1. The third-order valence-electron chi connectivity index (χ3n) is 5.00. The second kappa shape index (κ2) is 7.81. The SMILES string of the molecule is Cc1cc(N2CCC(NC(=O)Nc3ccccc3C(F)(F)F)CC2)n2ncnc2n1. The van der Waals surface area contributed by atoms with Crippen molar-refractivity contribution < 1.29 is 18.0 Å². The molecule has 2 amide bonds. The first kappa shape index (κ1) is 19.9. The van der Waals surface area contributed by atoms with Crippen LogP contribution in [0.5, 0.6) is 0 Å². The molecule has 0 radical (unpaired) electrons. The fourth-order valence-corrected chi connectivity index (χ4v) is 3.57. The van der Waals surface area contributed by atoms with Gasteiger partial charge in [-0.3, -0.25) is 0 Å². The largest absolute Gasteiger partial charge is 0.418 e. The van der Waals surface area contributed by atoms with Crippen molar-refractivity contribution in [3.8, 4) is 0 Å². The number of aromatic nitrogens is 4. The third kappa shape index (κ3) is 4.14. The molecule has 0 aliphatic carbocycles. The molecule has 1 fully saturated rings. The van der Waals surface area contributed by atoms with Gasteiger partial charge in [0.25, 0.3) is 5.78 Å². The summed E-state index contributed by atoms with van der Waals surface area (Å²) in [6, 6.07) is 6.04. The zero-order valence-corrected chi connectivity index (χ0v) is 16.1. The molecule has 0 saturated carbocycles. The van der Waals surface area contributed by atoms with Crippen LogP contribution in [0.3, 0.4) is 0 Å². The molecule has 0 spiro atoms. The monoisotopic (exact) mass is 419 g/mol. The minimum absolute atomic E-state index is 0.145. The van der Waals surface area contributed by atoms with Gasteiger partial charge in [0.05, 0.1) is 11.3 Å². The van der Waals surface area contributed by atoms with Gasteiger partial charge in [0.2, 0.25) is 0 Å². The van der Waals surface area contributed by atoms with Crippen molar-refractivity contribution in [1.82, 2.24) is 24.9 Å². The predicted molar refractivity (Wildman–Crippen MR) is 104 cm³/mol. The number of fused-ring (bicyclic) bond motifs is 1. The van der Waals surface area contributed by atoms with Crippen molar-refractivity contribution in [1.29, 1.82) is 0 Å². The molecule has 0 unspecified atom stereocenters. The van der Waals surface area contributed by atoms with Gasteiger partial charge >= 0.3 is 12.2 Å². The topological polar surface area (TPSA) is 87.5 Å². The van der Waals surface area contributed by atoms with E-state index in [9.17, 15) is 18.0 Å². The molecule has 11 heteroatoms. The second-order valence-corrected chi connectivity index (χ2v) is 7.13. The second-order valence-electron chi connectivity index (χ2n) is 7.13. The van der Waals surface area contributed by atoms with Gasteiger partial charge in [-0.05, 0) is 31.9 Å². The molecule has 1 aliphatic rings. The number of halogens is 3. The fourth-order valence-electron chi connectivity index (χ4n) is 3.57. The van der Waals surface area contributed by atoms with Crippen molar-refractivity contribution >= 4 is 23.3 Å². The summed E-state index contributed by atoms with van der Waals surface area (Å²) in [5, 5.41) is 9.30. The van der Waals surface area contributed by atoms with Crippen LogP contribution in [0.4, 0.5) is 29.5 Å². The summed E-state index contributed by atoms with van der Waals surface area (Å²) < 4.78 is 40.9. The Morgan fingerprint density at radius 1 is 1.20 bits per heavy atom. The smallest absolute Gasteiger partial charge is 0.356 e. The molecule has 2 N–H and O–H groups in total. The Morgan fingerprint density at radius 3 is 2.67 bits per heavy atom. The molecular weight excluding hydrogens is 399 g/mol. The summed E-state index contributed by atoms with van der Waals surface area (Å²) in [5.74, 6) is 1.39. The highest BCUT2D eigenvalue weighted by Gasteiger charge is 2.33. The van der Waals surface area contributed by atoms with Crippen molar-refractivity contribution in [3.05, 3.63) is 47.9 Å². The first-order chi connectivity index (χ1) is 14.3. The normalized spacial score (nSPS) is 15.4. The highest BCUT2D eigenvalue weighted by atomic mass is 19.4. The highest BCUT2D eigenvalue weighted by molar-refractivity contribution is 5.90. The Bertz CT molecular complexity index is 1060. The fraction of sp³-hybridized carbons (Fsp3) is 0.368. The van der Waals surface area contributed by atoms with E-state index in [2.05, 4.69) is 30.6 Å². The van der Waals surface area contributed by atoms with Crippen molar-refractivity contribution in [3.63, 3.8) is 0 Å². The molecule has 3 aromatic rings. The molecule has 158 valence electrons. The Labute approximate surface area is 170 Å². The zero-order chi connectivity index (χ0) is 21.3. The van der Waals surface area contributed by atoms with Gasteiger partial charge in [-0.25, -0.2) is 9.78 Å². The number of hydrogen-bond donors (Lipinski definition) is 2. The summed E-state index contributed by atoms with van der Waals surface area (Å²) in [5.41, 5.74) is -0.311. The molecule has 4 rings (SSSR count). The van der Waals surface area contributed by atoms with E-state index in [0.29, 0.717) is 31.7 Å². The van der Waals surface area contributed by atoms with E-state index in [1.54, 1.807) is 4.52 Å². The maximum atomic E-state index is 13.1. The van der Waals surface area contributed by atoms with E-state index in [-0.39, 0.29) is 11.7 Å². The Morgan fingerprint density at radius 2 is 1.93 bits per heavy atom. The average Bonchev–Trinajstić information content (AvgIpc) is 3.16. The van der Waals surface area contributed by atoms with Crippen LogP contribution in [-0.4, -0.2) is 44.7 Å². The number of carbonyl (C=O) groups excluding carboxylic acids is 1. The molecule has 8 nitrogen and oxygen atoms in total. The molecular formula is C19H20F3N7O. The van der Waals surface area contributed by atoms with Crippen molar-refractivity contribution in [2.24, 2.45) is 0 Å². The molecule has 1 aliphatic heterocycles. The molecule has 1 aromatic carbocycles. The minimum Gasteiger partial charge on any atom is -0.356 e. The predicted octanol–water partition coefficient (Wildman–Crippen LogP) is 3.24. The quantitative estimate of drug-likeness (QED) is 0.681. The van der Waals surface area contributed by atoms with E-state index in [1.165, 1.54) is 24.5 Å². The lowest BCUT2D eigenvalue weighted by molar-refractivity contribution is -0.136. The first-order valence-electron chi connectivity index (χ1n) is 9.47. The first-order valence-corrected chi connectivity index (χ1v) is 9.47. The number of hydrogen-bond acceptors (Lipinski definition) is 5. The van der Waals surface area contributed by atoms with Crippen molar-refractivity contribution in [2.75, 3.05) is 23.3 Å². The Kier molecular flexibility index (Phi) is 5.18. The van der Waals surface area contributed by atoms with Crippen LogP contribution in [0.2, 0.25) is 0 Å². The van der Waals surface area contributed by atoms with E-state index in [1.807, 2.05) is 13.0 Å². The van der Waals surface area contributed by atoms with Crippen LogP contribution in [0.1, 0.15) is 24.1 Å². The number of benzene rings is 1. The summed E-state index contributed by atoms with van der Waals surface area (Å²) in [6.45, 7) is 3.20. The number of amides is 2. The van der Waals surface area contributed by atoms with E-state index in [0.717, 1.165) is 17.6 Å². The lowest BCUT2D eigenvalue weighted by Gasteiger charge is -2.33. The van der Waals surface area contributed by atoms with Crippen LogP contribution < -0.4 is 15.5 Å². The van der Waals surface area contributed by atoms with Gasteiger partial charge in [0.15, 0.2) is 0 Å². The maximum absolute atomic E-state index is 13.1. The average molecular weight is 419 g/mol. The lowest BCUT2D eigenvalue weighted by atomic mass is 10.1. The molecule has 0 atom stereocenters. The number of anilines is 2. The van der Waals surface area contributed by atoms with Crippen LogP contribution in [-0.2, 0) is 6.18 Å². The van der Waals surface area contributed by atoms with E-state index < -0.39 is 17.8 Å². The van der Waals surface area contributed by atoms with Crippen molar-refractivity contribution in [2.45, 2.75) is 32.0 Å². The summed E-state index contributed by atoms with van der Waals surface area (Å²) in [7, 11) is 0. The Hall–Kier alpha value is -3.37. The number of carbonyl (C=O) groups is 1. The number of aryl methyl sites for hydroxylation is 1. The van der Waals surface area contributed by atoms with Crippen LogP contribution in [0.25, 0.3) is 5.78 Å². The third-order valence-corrected chi connectivity index (χ3v) is 5.00. The summed E-state index contributed by atoms with van der Waals surface area (Å²) in [6.07, 6.45) is -1.80. The lowest BCUT2D eigenvalue weighted by Crippen LogP contribution is -2.46. The number of nitrogens with zero attached hydrogens (tertiary/aromatic N) is 5. The van der Waals surface area contributed by atoms with Crippen LogP contribution in [0.15, 0.2) is 36.7 Å². The summed E-state index contributed by atoms with van der Waals surface area (Å²) >= 11 is 0. The summed E-state index contributed by atoms with van der Waals surface area (Å²) in [4.78, 5) is 22.8. The standard InChI is InChI=1S/C19H20F3N7O/c1-12-10-16(29-17(25-12)23-11-24-29)28-8-6-13(7-9-28)26-18(30)27-15-5-3-2-4-14(15)19(20,21)22/h2-5,10-11,13H,6-9H2,1H3,(H2,26,27,30). The maximum Gasteiger partial charge on any atom is 0.418 e. The number of para-hydroxylation sites is 1. The van der Waals surface area contributed by atoms with Gasteiger partial charge in [0, 0.05) is 30.9 Å². The zero-order valence-electron chi connectivity index (χ0n) is 16.1. The number of urea groups is 1. The van der Waals surface area contributed by atoms with Gasteiger partial charge in [-0.1, -0.05) is 12.1 Å².